The minimum atomic E-state index is -3.83. The summed E-state index contributed by atoms with van der Waals surface area (Å²) in [7, 11) is -3.83. The van der Waals surface area contributed by atoms with Gasteiger partial charge in [0.1, 0.15) is 5.82 Å². The zero-order valence-electron chi connectivity index (χ0n) is 13.3. The molecule has 0 atom stereocenters. The lowest BCUT2D eigenvalue weighted by Gasteiger charge is -2.16. The van der Waals surface area contributed by atoms with Gasteiger partial charge in [0.15, 0.2) is 0 Å². The van der Waals surface area contributed by atoms with Crippen LogP contribution in [0.5, 0.6) is 0 Å². The molecule has 1 heterocycles. The van der Waals surface area contributed by atoms with Crippen molar-refractivity contribution in [3.8, 4) is 0 Å². The first-order valence-electron chi connectivity index (χ1n) is 7.48. The second-order valence-corrected chi connectivity index (χ2v) is 7.46. The van der Waals surface area contributed by atoms with E-state index < -0.39 is 15.8 Å². The van der Waals surface area contributed by atoms with Gasteiger partial charge in [0.05, 0.1) is 10.6 Å². The maximum Gasteiger partial charge on any atom is 0.261 e. The topological polar surface area (TPSA) is 66.5 Å². The number of nitrogens with one attached hydrogen (secondary N) is 1. The number of sulfonamides is 1. The van der Waals surface area contributed by atoms with E-state index in [2.05, 4.69) is 4.72 Å². The zero-order valence-corrected chi connectivity index (χ0v) is 14.2. The molecule has 2 aromatic rings. The van der Waals surface area contributed by atoms with Gasteiger partial charge in [0, 0.05) is 19.2 Å². The third-order valence-corrected chi connectivity index (χ3v) is 5.43. The second-order valence-electron chi connectivity index (χ2n) is 5.78. The van der Waals surface area contributed by atoms with Crippen LogP contribution in [0.2, 0.25) is 0 Å². The van der Waals surface area contributed by atoms with E-state index in [1.165, 1.54) is 26.0 Å². The van der Waals surface area contributed by atoms with Crippen LogP contribution in [0.3, 0.4) is 0 Å². The molecule has 126 valence electrons. The molecule has 5 nitrogen and oxygen atoms in total. The average molecular weight is 348 g/mol. The predicted octanol–water partition coefficient (Wildman–Crippen LogP) is 2.84. The number of carbonyl (C=O) groups excluding carboxylic acids is 1. The Kier molecular flexibility index (Phi) is 4.04. The van der Waals surface area contributed by atoms with E-state index in [1.807, 2.05) is 6.07 Å². The van der Waals surface area contributed by atoms with Crippen LogP contribution in [-0.2, 0) is 21.2 Å². The van der Waals surface area contributed by atoms with Crippen molar-refractivity contribution in [2.75, 3.05) is 16.2 Å². The van der Waals surface area contributed by atoms with E-state index in [0.717, 1.165) is 23.7 Å². The summed E-state index contributed by atoms with van der Waals surface area (Å²) in [6.07, 6.45) is 0.749. The van der Waals surface area contributed by atoms with E-state index in [0.29, 0.717) is 12.2 Å². The van der Waals surface area contributed by atoms with Crippen LogP contribution in [0.4, 0.5) is 15.8 Å². The maximum absolute atomic E-state index is 13.3. The average Bonchev–Trinajstić information content (AvgIpc) is 2.92. The van der Waals surface area contributed by atoms with Crippen LogP contribution < -0.4 is 9.62 Å². The van der Waals surface area contributed by atoms with Gasteiger partial charge in [-0.3, -0.25) is 9.52 Å². The Morgan fingerprint density at radius 3 is 2.62 bits per heavy atom. The molecule has 0 fully saturated rings. The van der Waals surface area contributed by atoms with Crippen molar-refractivity contribution in [3.05, 3.63) is 53.3 Å². The third-order valence-electron chi connectivity index (χ3n) is 4.05. The van der Waals surface area contributed by atoms with Crippen molar-refractivity contribution in [1.82, 2.24) is 0 Å². The Morgan fingerprint density at radius 2 is 1.96 bits per heavy atom. The minimum absolute atomic E-state index is 0.00896. The number of fused-ring (bicyclic) bond motifs is 1. The summed E-state index contributed by atoms with van der Waals surface area (Å²) >= 11 is 0. The highest BCUT2D eigenvalue weighted by atomic mass is 32.2. The molecule has 7 heteroatoms. The van der Waals surface area contributed by atoms with Gasteiger partial charge >= 0.3 is 0 Å². The Bertz CT molecular complexity index is 925. The predicted molar refractivity (Wildman–Crippen MR) is 90.1 cm³/mol. The summed E-state index contributed by atoms with van der Waals surface area (Å²) in [4.78, 5) is 13.3. The lowest BCUT2D eigenvalue weighted by Crippen LogP contribution is -2.25. The number of nitrogens with zero attached hydrogens (tertiary/aromatic N) is 1. The highest BCUT2D eigenvalue weighted by molar-refractivity contribution is 7.92. The first-order chi connectivity index (χ1) is 11.3. The second kappa shape index (κ2) is 5.90. The minimum Gasteiger partial charge on any atom is -0.312 e. The molecule has 0 aliphatic carbocycles. The van der Waals surface area contributed by atoms with Gasteiger partial charge in [-0.2, -0.15) is 0 Å². The van der Waals surface area contributed by atoms with Crippen LogP contribution >= 0.6 is 0 Å². The lowest BCUT2D eigenvalue weighted by molar-refractivity contribution is -0.116. The van der Waals surface area contributed by atoms with Gasteiger partial charge in [-0.05, 0) is 54.8 Å². The molecule has 2 aromatic carbocycles. The van der Waals surface area contributed by atoms with Crippen molar-refractivity contribution in [2.45, 2.75) is 25.2 Å². The Hall–Kier alpha value is -2.41. The zero-order chi connectivity index (χ0) is 17.5. The van der Waals surface area contributed by atoms with Crippen molar-refractivity contribution < 1.29 is 17.6 Å². The van der Waals surface area contributed by atoms with E-state index in [-0.39, 0.29) is 16.4 Å². The summed E-state index contributed by atoms with van der Waals surface area (Å²) in [5.41, 5.74) is 2.35. The molecule has 0 unspecified atom stereocenters. The number of halogens is 1. The van der Waals surface area contributed by atoms with Crippen molar-refractivity contribution in [3.63, 3.8) is 0 Å². The Labute approximate surface area is 140 Å². The fourth-order valence-electron chi connectivity index (χ4n) is 2.77. The molecule has 0 aromatic heterocycles. The number of hydrogen-bond donors (Lipinski definition) is 1. The first kappa shape index (κ1) is 16.4. The number of hydrogen-bond acceptors (Lipinski definition) is 3. The fourth-order valence-corrected chi connectivity index (χ4v) is 3.90. The summed E-state index contributed by atoms with van der Waals surface area (Å²) in [5, 5.41) is 0. The molecule has 0 spiro atoms. The summed E-state index contributed by atoms with van der Waals surface area (Å²) in [6, 6.07) is 8.76. The van der Waals surface area contributed by atoms with Gasteiger partial charge < -0.3 is 4.90 Å². The van der Waals surface area contributed by atoms with Gasteiger partial charge in [0.25, 0.3) is 10.0 Å². The highest BCUT2D eigenvalue weighted by Gasteiger charge is 2.23. The lowest BCUT2D eigenvalue weighted by atomic mass is 10.1. The number of anilines is 2. The van der Waals surface area contributed by atoms with Crippen molar-refractivity contribution in [2.24, 2.45) is 0 Å². The summed E-state index contributed by atoms with van der Waals surface area (Å²) < 4.78 is 40.7. The van der Waals surface area contributed by atoms with E-state index in [1.54, 1.807) is 17.0 Å². The van der Waals surface area contributed by atoms with Crippen molar-refractivity contribution >= 4 is 27.3 Å². The standard InChI is InChI=1S/C17H17FN2O3S/c1-11-9-15(5-6-16(11)18)24(22,23)19-14-4-3-13-7-8-20(12(2)21)17(13)10-14/h3-6,9-10,19H,7-8H2,1-2H3. The SMILES string of the molecule is CC(=O)N1CCc2ccc(NS(=O)(=O)c3ccc(F)c(C)c3)cc21. The molecule has 1 aliphatic heterocycles. The van der Waals surface area contributed by atoms with Gasteiger partial charge in [0.2, 0.25) is 5.91 Å². The van der Waals surface area contributed by atoms with E-state index >= 15 is 0 Å². The molecule has 1 amide bonds. The normalized spacial score (nSPS) is 13.7. The van der Waals surface area contributed by atoms with Crippen LogP contribution in [0.15, 0.2) is 41.3 Å². The van der Waals surface area contributed by atoms with Crippen LogP contribution in [0.1, 0.15) is 18.1 Å². The van der Waals surface area contributed by atoms with Crippen LogP contribution in [0, 0.1) is 12.7 Å². The quantitative estimate of drug-likeness (QED) is 0.927. The molecule has 1 N–H and O–H groups in total. The fraction of sp³-hybridized carbons (Fsp3) is 0.235. The number of benzene rings is 2. The first-order valence-corrected chi connectivity index (χ1v) is 8.96. The highest BCUT2D eigenvalue weighted by Crippen LogP contribution is 2.31. The third kappa shape index (κ3) is 2.99. The molecular weight excluding hydrogens is 331 g/mol. The number of rotatable bonds is 3. The molecule has 3 rings (SSSR count). The number of carbonyl (C=O) groups is 1. The Balaban J connectivity index is 1.92. The van der Waals surface area contributed by atoms with Gasteiger partial charge in [-0.15, -0.1) is 0 Å². The van der Waals surface area contributed by atoms with E-state index in [4.69, 9.17) is 0 Å². The summed E-state index contributed by atoms with van der Waals surface area (Å²) in [5.74, 6) is -0.536. The monoisotopic (exact) mass is 348 g/mol. The molecule has 1 aliphatic rings. The Morgan fingerprint density at radius 1 is 1.21 bits per heavy atom. The molecule has 0 bridgehead atoms. The molecular formula is C17H17FN2O3S. The smallest absolute Gasteiger partial charge is 0.261 e. The molecule has 0 saturated carbocycles. The molecule has 24 heavy (non-hydrogen) atoms. The van der Waals surface area contributed by atoms with Crippen LogP contribution in [-0.4, -0.2) is 20.9 Å². The number of amides is 1. The largest absolute Gasteiger partial charge is 0.312 e. The maximum atomic E-state index is 13.3. The van der Waals surface area contributed by atoms with Gasteiger partial charge in [-0.25, -0.2) is 12.8 Å². The van der Waals surface area contributed by atoms with Gasteiger partial charge in [-0.1, -0.05) is 6.07 Å². The van der Waals surface area contributed by atoms with E-state index in [9.17, 15) is 17.6 Å². The number of aryl methyl sites for hydroxylation is 1. The van der Waals surface area contributed by atoms with Crippen LogP contribution in [0.25, 0.3) is 0 Å². The van der Waals surface area contributed by atoms with Crippen molar-refractivity contribution in [1.29, 1.82) is 0 Å². The molecule has 0 radical (unpaired) electrons. The molecule has 0 saturated heterocycles. The summed E-state index contributed by atoms with van der Waals surface area (Å²) in [6.45, 7) is 3.58.